The molecule has 36 heavy (non-hydrogen) atoms. The van der Waals surface area contributed by atoms with E-state index in [1.54, 1.807) is 24.3 Å². The molecule has 5 rings (SSSR count). The van der Waals surface area contributed by atoms with E-state index < -0.39 is 5.97 Å². The molecular weight excluding hydrogens is 452 g/mol. The molecular formula is C31H24O5. The molecule has 5 heteroatoms. The molecule has 0 aliphatic rings. The number of ether oxygens (including phenoxy) is 2. The molecule has 5 aromatic rings. The van der Waals surface area contributed by atoms with Gasteiger partial charge in [-0.3, -0.25) is 4.79 Å². The van der Waals surface area contributed by atoms with E-state index in [0.717, 1.165) is 16.3 Å². The van der Waals surface area contributed by atoms with E-state index >= 15 is 0 Å². The number of fused-ring (bicyclic) bond motifs is 2. The molecule has 1 aromatic heterocycles. The zero-order valence-electron chi connectivity index (χ0n) is 19.9. The molecule has 0 N–H and O–H groups in total. The fourth-order valence-electron chi connectivity index (χ4n) is 3.89. The van der Waals surface area contributed by atoms with Gasteiger partial charge in [-0.15, -0.1) is 0 Å². The first kappa shape index (κ1) is 23.1. The highest BCUT2D eigenvalue weighted by atomic mass is 16.5. The van der Waals surface area contributed by atoms with Gasteiger partial charge in [-0.25, -0.2) is 4.79 Å². The summed E-state index contributed by atoms with van der Waals surface area (Å²) in [5.74, 6) is 0.812. The lowest BCUT2D eigenvalue weighted by atomic mass is 10.0. The average Bonchev–Trinajstić information content (AvgIpc) is 2.89. The molecule has 0 aliphatic heterocycles. The third-order valence-corrected chi connectivity index (χ3v) is 5.90. The Morgan fingerprint density at radius 2 is 1.61 bits per heavy atom. The normalized spacial score (nSPS) is 11.4. The van der Waals surface area contributed by atoms with Gasteiger partial charge in [-0.2, -0.15) is 0 Å². The Morgan fingerprint density at radius 1 is 0.861 bits per heavy atom. The van der Waals surface area contributed by atoms with Gasteiger partial charge in [0.2, 0.25) is 11.2 Å². The first-order valence-electron chi connectivity index (χ1n) is 11.7. The van der Waals surface area contributed by atoms with Crippen LogP contribution in [-0.2, 0) is 4.79 Å². The topological polar surface area (TPSA) is 65.7 Å². The Labute approximate surface area is 208 Å². The summed E-state index contributed by atoms with van der Waals surface area (Å²) in [5.41, 5.74) is 2.12. The molecule has 0 saturated heterocycles. The number of rotatable bonds is 6. The van der Waals surface area contributed by atoms with Crippen LogP contribution in [0.25, 0.3) is 27.8 Å². The van der Waals surface area contributed by atoms with Gasteiger partial charge in [0.05, 0.1) is 5.39 Å². The van der Waals surface area contributed by atoms with Gasteiger partial charge in [0.15, 0.2) is 0 Å². The van der Waals surface area contributed by atoms with E-state index in [0.29, 0.717) is 22.6 Å². The highest BCUT2D eigenvalue weighted by molar-refractivity contribution is 5.89. The van der Waals surface area contributed by atoms with Crippen molar-refractivity contribution >= 4 is 33.8 Å². The van der Waals surface area contributed by atoms with Gasteiger partial charge in [0.1, 0.15) is 23.3 Å². The molecule has 0 fully saturated rings. The minimum Gasteiger partial charge on any atom is -0.460 e. The summed E-state index contributed by atoms with van der Waals surface area (Å²) >= 11 is 0. The van der Waals surface area contributed by atoms with Crippen LogP contribution in [0.3, 0.4) is 0 Å². The molecule has 4 aromatic carbocycles. The van der Waals surface area contributed by atoms with E-state index in [4.69, 9.17) is 13.9 Å². The third-order valence-electron chi connectivity index (χ3n) is 5.90. The van der Waals surface area contributed by atoms with Gasteiger partial charge < -0.3 is 13.9 Å². The molecule has 0 unspecified atom stereocenters. The summed E-state index contributed by atoms with van der Waals surface area (Å²) in [4.78, 5) is 25.2. The summed E-state index contributed by atoms with van der Waals surface area (Å²) in [6.07, 6.45) is 4.33. The lowest BCUT2D eigenvalue weighted by molar-refractivity contribution is -0.128. The Hall–Kier alpha value is -4.64. The number of esters is 1. The fraction of sp³-hybridized carbons (Fsp3) is 0.0968. The second-order valence-electron chi connectivity index (χ2n) is 8.77. The first-order chi connectivity index (χ1) is 17.5. The molecule has 5 nitrogen and oxygen atoms in total. The van der Waals surface area contributed by atoms with Crippen molar-refractivity contribution < 1.29 is 18.7 Å². The van der Waals surface area contributed by atoms with Crippen molar-refractivity contribution in [3.8, 4) is 17.2 Å². The van der Waals surface area contributed by atoms with E-state index in [1.165, 1.54) is 24.0 Å². The Morgan fingerprint density at radius 3 is 2.39 bits per heavy atom. The number of benzene rings is 4. The predicted molar refractivity (Wildman–Crippen MR) is 142 cm³/mol. The van der Waals surface area contributed by atoms with Crippen LogP contribution in [0.1, 0.15) is 30.9 Å². The van der Waals surface area contributed by atoms with Crippen molar-refractivity contribution in [3.63, 3.8) is 0 Å². The molecule has 0 bridgehead atoms. The number of hydrogen-bond acceptors (Lipinski definition) is 5. The second kappa shape index (κ2) is 9.92. The lowest BCUT2D eigenvalue weighted by Crippen LogP contribution is -2.06. The van der Waals surface area contributed by atoms with Crippen LogP contribution in [0.5, 0.6) is 17.2 Å². The zero-order valence-corrected chi connectivity index (χ0v) is 19.9. The fourth-order valence-corrected chi connectivity index (χ4v) is 3.89. The molecule has 0 spiro atoms. The maximum atomic E-state index is 13.0. The van der Waals surface area contributed by atoms with E-state index in [1.807, 2.05) is 60.7 Å². The number of hydrogen-bond donors (Lipinski definition) is 0. The highest BCUT2D eigenvalue weighted by Gasteiger charge is 2.12. The minimum atomic E-state index is -0.527. The third kappa shape index (κ3) is 5.05. The minimum absolute atomic E-state index is 0.0777. The standard InChI is InChI=1S/C31H24O5/c1-20(2)22-10-7-21(8-11-22)9-16-30(32)36-26-14-15-27-28(18-26)34-19-29(31(27)33)35-25-13-12-23-5-3-4-6-24(23)17-25/h3-20H,1-2H3. The molecule has 1 heterocycles. The van der Waals surface area contributed by atoms with Crippen molar-refractivity contribution in [1.82, 2.24) is 0 Å². The Kier molecular flexibility index (Phi) is 6.37. The molecule has 178 valence electrons. The average molecular weight is 477 g/mol. The maximum Gasteiger partial charge on any atom is 0.336 e. The Balaban J connectivity index is 1.30. The van der Waals surface area contributed by atoms with Crippen molar-refractivity contribution in [1.29, 1.82) is 0 Å². The largest absolute Gasteiger partial charge is 0.460 e. The lowest BCUT2D eigenvalue weighted by Gasteiger charge is -2.08. The SMILES string of the molecule is CC(C)c1ccc(C=CC(=O)Oc2ccc3c(=O)c(Oc4ccc5ccccc5c4)coc3c2)cc1. The zero-order chi connectivity index (χ0) is 25.1. The quantitative estimate of drug-likeness (QED) is 0.144. The molecule has 0 atom stereocenters. The van der Waals surface area contributed by atoms with Gasteiger partial charge in [0.25, 0.3) is 0 Å². The summed E-state index contributed by atoms with van der Waals surface area (Å²) in [5, 5.41) is 2.42. The molecule has 0 amide bonds. The van der Waals surface area contributed by atoms with Crippen LogP contribution in [0.15, 0.2) is 106 Å². The van der Waals surface area contributed by atoms with Crippen LogP contribution in [-0.4, -0.2) is 5.97 Å². The van der Waals surface area contributed by atoms with Crippen molar-refractivity contribution in [2.75, 3.05) is 0 Å². The summed E-state index contributed by atoms with van der Waals surface area (Å²) in [6, 6.07) is 26.1. The molecule has 0 saturated carbocycles. The summed E-state index contributed by atoms with van der Waals surface area (Å²) in [7, 11) is 0. The monoisotopic (exact) mass is 476 g/mol. The van der Waals surface area contributed by atoms with Crippen molar-refractivity contribution in [3.05, 3.63) is 119 Å². The predicted octanol–water partition coefficient (Wildman–Crippen LogP) is 7.48. The van der Waals surface area contributed by atoms with Crippen LogP contribution < -0.4 is 14.9 Å². The molecule has 0 radical (unpaired) electrons. The smallest absolute Gasteiger partial charge is 0.336 e. The van der Waals surface area contributed by atoms with Gasteiger partial charge in [-0.05, 0) is 58.2 Å². The Bertz CT molecular complexity index is 1640. The van der Waals surface area contributed by atoms with E-state index in [-0.39, 0.29) is 16.9 Å². The van der Waals surface area contributed by atoms with Gasteiger partial charge in [0, 0.05) is 12.1 Å². The van der Waals surface area contributed by atoms with Crippen molar-refractivity contribution in [2.45, 2.75) is 19.8 Å². The number of carbonyl (C=O) groups excluding carboxylic acids is 1. The maximum absolute atomic E-state index is 13.0. The van der Waals surface area contributed by atoms with Crippen LogP contribution >= 0.6 is 0 Å². The van der Waals surface area contributed by atoms with Gasteiger partial charge in [-0.1, -0.05) is 68.4 Å². The number of carbonyl (C=O) groups is 1. The van der Waals surface area contributed by atoms with Gasteiger partial charge >= 0.3 is 5.97 Å². The van der Waals surface area contributed by atoms with Crippen LogP contribution in [0.4, 0.5) is 0 Å². The first-order valence-corrected chi connectivity index (χ1v) is 11.7. The summed E-state index contributed by atoms with van der Waals surface area (Å²) < 4.78 is 16.8. The molecule has 0 aliphatic carbocycles. The highest BCUT2D eigenvalue weighted by Crippen LogP contribution is 2.27. The van der Waals surface area contributed by atoms with E-state index in [2.05, 4.69) is 13.8 Å². The van der Waals surface area contributed by atoms with Crippen molar-refractivity contribution in [2.24, 2.45) is 0 Å². The second-order valence-corrected chi connectivity index (χ2v) is 8.77. The van der Waals surface area contributed by atoms with Crippen LogP contribution in [0, 0.1) is 0 Å². The summed E-state index contributed by atoms with van der Waals surface area (Å²) in [6.45, 7) is 4.26. The van der Waals surface area contributed by atoms with E-state index in [9.17, 15) is 9.59 Å². The van der Waals surface area contributed by atoms with Crippen LogP contribution in [0.2, 0.25) is 0 Å².